The number of phosphoric acid groups is 4. The van der Waals surface area contributed by atoms with Crippen molar-refractivity contribution in [1.29, 1.82) is 0 Å². The second-order valence-electron chi connectivity index (χ2n) is 12.2. The number of hydrogen-bond acceptors (Lipinski definition) is 20. The third-order valence-electron chi connectivity index (χ3n) is 8.16. The number of ether oxygens (including phenoxy) is 4. The van der Waals surface area contributed by atoms with Crippen molar-refractivity contribution in [3.8, 4) is 0 Å². The lowest BCUT2D eigenvalue weighted by atomic mass is 10.1. The van der Waals surface area contributed by atoms with Crippen molar-refractivity contribution in [3.05, 3.63) is 91.7 Å². The Hall–Kier alpha value is -3.10. The van der Waals surface area contributed by atoms with Crippen molar-refractivity contribution >= 4 is 37.1 Å². The summed E-state index contributed by atoms with van der Waals surface area (Å²) in [5.74, 6) is -0.102. The highest BCUT2D eigenvalue weighted by Crippen LogP contribution is 2.71. The summed E-state index contributed by atoms with van der Waals surface area (Å²) in [5, 5.41) is 20.5. The molecule has 0 amide bonds. The average Bonchev–Trinajstić information content (AvgIpc) is 3.73. The fourth-order valence-corrected chi connectivity index (χ4v) is 10.8. The first-order valence-corrected chi connectivity index (χ1v) is 22.0. The second-order valence-corrected chi connectivity index (χ2v) is 18.4. The number of nitrogens with one attached hydrogen (secondary N) is 1. The van der Waals surface area contributed by atoms with E-state index in [9.17, 15) is 62.4 Å². The number of rotatable bonds is 16. The molecule has 0 spiro atoms. The van der Waals surface area contributed by atoms with Gasteiger partial charge >= 0.3 is 42.7 Å². The smallest absolute Gasteiger partial charge is 0.387 e. The van der Waals surface area contributed by atoms with Crippen LogP contribution in [0.5, 0.6) is 0 Å². The molecule has 3 fully saturated rings. The van der Waals surface area contributed by atoms with Gasteiger partial charge in [0.25, 0.3) is 5.56 Å². The number of nitrogens with two attached hydrogens (primary N) is 1. The molecule has 13 atom stereocenters. The topological polar surface area (TPSA) is 388 Å². The summed E-state index contributed by atoms with van der Waals surface area (Å²) < 4.78 is 95.8. The molecule has 5 heterocycles. The minimum atomic E-state index is -6.23. The van der Waals surface area contributed by atoms with Crippen LogP contribution in [0.15, 0.2) is 69.2 Å². The molecule has 3 aromatic rings. The highest BCUT2D eigenvalue weighted by molar-refractivity contribution is 7.69. The van der Waals surface area contributed by atoms with Crippen LogP contribution >= 0.6 is 31.3 Å². The zero-order valence-electron chi connectivity index (χ0n) is 28.4. The first-order chi connectivity index (χ1) is 26.6. The summed E-state index contributed by atoms with van der Waals surface area (Å²) in [7, 11) is -24.0. The van der Waals surface area contributed by atoms with Crippen LogP contribution in [0, 0.1) is 0 Å². The number of H-pyrrole nitrogens is 1. The van der Waals surface area contributed by atoms with E-state index in [1.54, 1.807) is 30.3 Å². The molecule has 3 saturated heterocycles. The minimum Gasteiger partial charge on any atom is -0.387 e. The van der Waals surface area contributed by atoms with Gasteiger partial charge in [0.2, 0.25) is 0 Å². The van der Waals surface area contributed by atoms with E-state index >= 15 is 0 Å². The molecule has 31 heteroatoms. The number of hydrogen-bond donors (Lipinski definition) is 8. The molecule has 314 valence electrons. The quantitative estimate of drug-likeness (QED) is 0.0777. The Morgan fingerprint density at radius 1 is 0.702 bits per heavy atom. The Kier molecular flexibility index (Phi) is 12.9. The summed E-state index contributed by atoms with van der Waals surface area (Å²) >= 11 is 0. The van der Waals surface area contributed by atoms with Crippen molar-refractivity contribution in [2.75, 3.05) is 18.9 Å². The molecular formula is C26H33N5O22P4. The third kappa shape index (κ3) is 10.8. The van der Waals surface area contributed by atoms with Crippen LogP contribution in [0.2, 0.25) is 0 Å². The van der Waals surface area contributed by atoms with E-state index in [1.165, 1.54) is 12.3 Å². The number of aromatic amines is 1. The van der Waals surface area contributed by atoms with Crippen LogP contribution in [0.3, 0.4) is 0 Å². The average molecular weight is 891 g/mol. The zero-order chi connectivity index (χ0) is 41.5. The monoisotopic (exact) mass is 891 g/mol. The number of aliphatic hydroxyl groups is 2. The lowest BCUT2D eigenvalue weighted by Gasteiger charge is -2.23. The van der Waals surface area contributed by atoms with Crippen LogP contribution < -0.4 is 22.7 Å². The van der Waals surface area contributed by atoms with Gasteiger partial charge in [-0.15, -0.1) is 0 Å². The lowest BCUT2D eigenvalue weighted by molar-refractivity contribution is -0.150. The molecule has 6 rings (SSSR count). The first-order valence-electron chi connectivity index (χ1n) is 16.0. The van der Waals surface area contributed by atoms with Crippen molar-refractivity contribution < 1.29 is 89.0 Å². The number of benzene rings is 1. The van der Waals surface area contributed by atoms with Gasteiger partial charge in [0.05, 0.1) is 13.2 Å². The van der Waals surface area contributed by atoms with Crippen LogP contribution in [-0.4, -0.2) is 105 Å². The van der Waals surface area contributed by atoms with E-state index in [4.69, 9.17) is 29.2 Å². The summed E-state index contributed by atoms with van der Waals surface area (Å²) in [4.78, 5) is 81.6. The number of nitrogen functional groups attached to an aromatic ring is 1. The number of aromatic nitrogens is 4. The summed E-state index contributed by atoms with van der Waals surface area (Å²) in [5.41, 5.74) is 3.67. The molecule has 27 nitrogen and oxygen atoms in total. The van der Waals surface area contributed by atoms with Gasteiger partial charge in [-0.3, -0.25) is 28.0 Å². The van der Waals surface area contributed by atoms with Gasteiger partial charge in [-0.05, 0) is 11.6 Å². The van der Waals surface area contributed by atoms with E-state index in [0.29, 0.717) is 4.57 Å². The summed E-state index contributed by atoms with van der Waals surface area (Å²) in [6.07, 6.45) is -10.4. The van der Waals surface area contributed by atoms with Gasteiger partial charge in [0.15, 0.2) is 18.7 Å². The van der Waals surface area contributed by atoms with E-state index in [0.717, 1.165) is 22.4 Å². The fraction of sp³-hybridized carbons (Fsp3) is 0.462. The zero-order valence-corrected chi connectivity index (χ0v) is 32.0. The van der Waals surface area contributed by atoms with E-state index in [1.807, 2.05) is 4.98 Å². The van der Waals surface area contributed by atoms with Crippen LogP contribution in [0.4, 0.5) is 5.82 Å². The van der Waals surface area contributed by atoms with Crippen molar-refractivity contribution in [2.45, 2.75) is 61.8 Å². The molecule has 1 aromatic carbocycles. The molecule has 5 unspecified atom stereocenters. The molecule has 9 N–H and O–H groups in total. The maximum Gasteiger partial charge on any atom is 0.490 e. The van der Waals surface area contributed by atoms with Crippen molar-refractivity contribution in [2.24, 2.45) is 0 Å². The van der Waals surface area contributed by atoms with Gasteiger partial charge in [-0.1, -0.05) is 30.3 Å². The van der Waals surface area contributed by atoms with Crippen molar-refractivity contribution in [3.63, 3.8) is 0 Å². The number of anilines is 1. The molecule has 0 bridgehead atoms. The van der Waals surface area contributed by atoms with Crippen LogP contribution in [-0.2, 0) is 65.6 Å². The molecular weight excluding hydrogens is 858 g/mol. The molecule has 0 saturated carbocycles. The van der Waals surface area contributed by atoms with Gasteiger partial charge in [0.1, 0.15) is 42.4 Å². The highest BCUT2D eigenvalue weighted by atomic mass is 31.3. The van der Waals surface area contributed by atoms with Gasteiger partial charge in [-0.2, -0.15) is 17.9 Å². The standard InChI is InChI=1S/C26H33N5O22P4/c27-16-6-8-31(25(35)28-16)24-22-21(49-18(50-22)10-13-4-2-1-3-5-13)15(48-24)12-46-55(39,40)52-57(43,44)53-56(41,42)51-54(37,38)45-11-14-19(33)20(34)23(47-14)30-9-7-17(32)29-26(30)36/h1-9,14-15,18-24,33-34H,10-12H2,(H,37,38)(H,39,40)(H,41,42)(H,43,44)(H2,27,28,35)(H,29,32,36)/t14-,15-,18?,19-,20-,21-,22-,23-,24-/m1/s1. The summed E-state index contributed by atoms with van der Waals surface area (Å²) in [6, 6.07) is 11.1. The first kappa shape index (κ1) is 43.5. The predicted molar refractivity (Wildman–Crippen MR) is 182 cm³/mol. The Morgan fingerprint density at radius 2 is 1.26 bits per heavy atom. The third-order valence-corrected chi connectivity index (χ3v) is 14.1. The SMILES string of the molecule is Nc1ccn([C@@H]2O[C@H](COP(=O)(O)OP(=O)(O)OP(=O)(O)OP(=O)(O)OC[C@H]3O[C@@H](n4ccc(=O)[nH]c4=O)[C@H](O)[C@@H]3O)[C@H]3OC(Cc4ccccc4)O[C@H]32)c(=O)n1. The Balaban J connectivity index is 1.05. The normalized spacial score (nSPS) is 31.5. The van der Waals surface area contributed by atoms with Gasteiger partial charge in [-0.25, -0.2) is 27.8 Å². The molecule has 2 aromatic heterocycles. The second kappa shape index (κ2) is 16.9. The largest absolute Gasteiger partial charge is 0.490 e. The maximum absolute atomic E-state index is 12.7. The number of aliphatic hydroxyl groups excluding tert-OH is 2. The van der Waals surface area contributed by atoms with Crippen LogP contribution in [0.25, 0.3) is 0 Å². The molecule has 3 aliphatic rings. The predicted octanol–water partition coefficient (Wildman–Crippen LogP) is -1.27. The minimum absolute atomic E-state index is 0.102. The Morgan fingerprint density at radius 3 is 1.88 bits per heavy atom. The van der Waals surface area contributed by atoms with E-state index < -0.39 is 117 Å². The van der Waals surface area contributed by atoms with E-state index in [-0.39, 0.29) is 12.2 Å². The molecule has 3 aliphatic heterocycles. The van der Waals surface area contributed by atoms with E-state index in [2.05, 4.69) is 22.4 Å². The number of fused-ring (bicyclic) bond motifs is 1. The molecule has 0 radical (unpaired) electrons. The highest BCUT2D eigenvalue weighted by Gasteiger charge is 2.55. The lowest BCUT2D eigenvalue weighted by Crippen LogP contribution is -2.37. The summed E-state index contributed by atoms with van der Waals surface area (Å²) in [6.45, 7) is -2.15. The molecule has 57 heavy (non-hydrogen) atoms. The van der Waals surface area contributed by atoms with Gasteiger partial charge < -0.3 is 54.5 Å². The molecule has 0 aliphatic carbocycles. The van der Waals surface area contributed by atoms with Gasteiger partial charge in [0, 0.05) is 24.9 Å². The fourth-order valence-electron chi connectivity index (χ4n) is 5.81. The number of nitrogens with zero attached hydrogens (tertiary/aromatic N) is 3. The Labute approximate surface area is 317 Å². The maximum atomic E-state index is 12.7. The number of phosphoric ester groups is 2. The van der Waals surface area contributed by atoms with Crippen molar-refractivity contribution in [1.82, 2.24) is 19.1 Å². The van der Waals surface area contributed by atoms with Crippen LogP contribution in [0.1, 0.15) is 18.0 Å². The Bertz CT molecular complexity index is 2310.